The second-order valence-electron chi connectivity index (χ2n) is 6.66. The number of nitrogens with zero attached hydrogens (tertiary/aromatic N) is 2. The van der Waals surface area contributed by atoms with E-state index < -0.39 is 0 Å². The summed E-state index contributed by atoms with van der Waals surface area (Å²) in [7, 11) is 0. The van der Waals surface area contributed by atoms with Gasteiger partial charge in [-0.05, 0) is 40.2 Å². The van der Waals surface area contributed by atoms with Crippen LogP contribution in [0.2, 0.25) is 0 Å². The first-order valence-corrected chi connectivity index (χ1v) is 7.91. The number of piperazine rings is 1. The van der Waals surface area contributed by atoms with Crippen molar-refractivity contribution in [3.05, 3.63) is 22.5 Å². The molecule has 2 rings (SSSR count). The van der Waals surface area contributed by atoms with Gasteiger partial charge in [0.25, 0.3) is 5.91 Å². The normalized spacial score (nSPS) is 16.3. The maximum absolute atomic E-state index is 12.8. The molecular formula is C18H25N3O2. The van der Waals surface area contributed by atoms with E-state index in [4.69, 9.17) is 6.42 Å². The lowest BCUT2D eigenvalue weighted by atomic mass is 10.0. The Labute approximate surface area is 138 Å². The van der Waals surface area contributed by atoms with Gasteiger partial charge in [0.1, 0.15) is 5.69 Å². The average Bonchev–Trinajstić information content (AvgIpc) is 2.81. The summed E-state index contributed by atoms with van der Waals surface area (Å²) in [6.45, 7) is 12.0. The van der Waals surface area contributed by atoms with E-state index in [-0.39, 0.29) is 17.2 Å². The van der Waals surface area contributed by atoms with Crippen molar-refractivity contribution in [1.82, 2.24) is 14.8 Å². The molecule has 23 heavy (non-hydrogen) atoms. The summed E-state index contributed by atoms with van der Waals surface area (Å²) in [5.74, 6) is 2.74. The number of carbonyl (C=O) groups is 2. The first kappa shape index (κ1) is 17.3. The van der Waals surface area contributed by atoms with Crippen molar-refractivity contribution in [2.45, 2.75) is 40.2 Å². The minimum Gasteiger partial charge on any atom is -0.354 e. The SMILES string of the molecule is C#CC(C)(C)N1CCN(C(=O)c2[nH]c(C)c(C(C)=O)c2C)CC1. The Morgan fingerprint density at radius 2 is 1.74 bits per heavy atom. The Morgan fingerprint density at radius 3 is 2.17 bits per heavy atom. The van der Waals surface area contributed by atoms with Crippen molar-refractivity contribution in [3.8, 4) is 12.3 Å². The van der Waals surface area contributed by atoms with Crippen molar-refractivity contribution in [2.24, 2.45) is 0 Å². The monoisotopic (exact) mass is 315 g/mol. The molecule has 1 N–H and O–H groups in total. The number of carbonyl (C=O) groups excluding carboxylic acids is 2. The molecular weight excluding hydrogens is 290 g/mol. The average molecular weight is 315 g/mol. The summed E-state index contributed by atoms with van der Waals surface area (Å²) in [6.07, 6.45) is 5.58. The quantitative estimate of drug-likeness (QED) is 0.686. The van der Waals surface area contributed by atoms with Gasteiger partial charge in [0.2, 0.25) is 0 Å². The molecule has 1 aromatic heterocycles. The second kappa shape index (κ2) is 6.21. The van der Waals surface area contributed by atoms with Gasteiger partial charge in [-0.1, -0.05) is 5.92 Å². The number of aryl methyl sites for hydroxylation is 1. The molecule has 0 spiro atoms. The zero-order chi connectivity index (χ0) is 17.4. The molecule has 124 valence electrons. The van der Waals surface area contributed by atoms with Gasteiger partial charge < -0.3 is 9.88 Å². The summed E-state index contributed by atoms with van der Waals surface area (Å²) in [5, 5.41) is 0. The van der Waals surface area contributed by atoms with E-state index in [1.54, 1.807) is 0 Å². The smallest absolute Gasteiger partial charge is 0.270 e. The molecule has 0 bridgehead atoms. The first-order valence-electron chi connectivity index (χ1n) is 7.91. The minimum atomic E-state index is -0.296. The van der Waals surface area contributed by atoms with E-state index in [0.29, 0.717) is 24.3 Å². The number of H-pyrrole nitrogens is 1. The van der Waals surface area contributed by atoms with Crippen LogP contribution in [0.1, 0.15) is 52.9 Å². The lowest BCUT2D eigenvalue weighted by molar-refractivity contribution is 0.0519. The summed E-state index contributed by atoms with van der Waals surface area (Å²) in [6, 6.07) is 0. The van der Waals surface area contributed by atoms with Crippen LogP contribution in [-0.4, -0.2) is 58.2 Å². The Morgan fingerprint density at radius 1 is 1.17 bits per heavy atom. The first-order chi connectivity index (χ1) is 10.7. The second-order valence-corrected chi connectivity index (χ2v) is 6.66. The third kappa shape index (κ3) is 3.18. The van der Waals surface area contributed by atoms with Crippen molar-refractivity contribution in [2.75, 3.05) is 26.2 Å². The number of rotatable bonds is 3. The summed E-state index contributed by atoms with van der Waals surface area (Å²) in [4.78, 5) is 31.6. The highest BCUT2D eigenvalue weighted by Gasteiger charge is 2.31. The molecule has 0 unspecified atom stereocenters. The van der Waals surface area contributed by atoms with Crippen LogP contribution in [0.25, 0.3) is 0 Å². The maximum Gasteiger partial charge on any atom is 0.270 e. The molecule has 1 aliphatic heterocycles. The topological polar surface area (TPSA) is 56.4 Å². The lowest BCUT2D eigenvalue weighted by Crippen LogP contribution is -2.55. The highest BCUT2D eigenvalue weighted by atomic mass is 16.2. The maximum atomic E-state index is 12.8. The number of amides is 1. The highest BCUT2D eigenvalue weighted by Crippen LogP contribution is 2.22. The molecule has 0 radical (unpaired) electrons. The molecule has 5 nitrogen and oxygen atoms in total. The summed E-state index contributed by atoms with van der Waals surface area (Å²) >= 11 is 0. The number of aromatic nitrogens is 1. The van der Waals surface area contributed by atoms with Gasteiger partial charge >= 0.3 is 0 Å². The number of ketones is 1. The number of terminal acetylenes is 1. The molecule has 2 heterocycles. The Hall–Kier alpha value is -2.06. The molecule has 0 atom stereocenters. The van der Waals surface area contributed by atoms with Crippen LogP contribution in [0.15, 0.2) is 0 Å². The van der Waals surface area contributed by atoms with Crippen LogP contribution >= 0.6 is 0 Å². The van der Waals surface area contributed by atoms with Crippen molar-refractivity contribution < 1.29 is 9.59 Å². The zero-order valence-electron chi connectivity index (χ0n) is 14.6. The van der Waals surface area contributed by atoms with E-state index in [2.05, 4.69) is 15.8 Å². The van der Waals surface area contributed by atoms with Crippen LogP contribution in [0.4, 0.5) is 0 Å². The van der Waals surface area contributed by atoms with Crippen molar-refractivity contribution >= 4 is 11.7 Å². The third-order valence-corrected chi connectivity index (χ3v) is 4.71. The standard InChI is InChI=1S/C18H25N3O2/c1-7-18(5,6)21-10-8-20(9-11-21)17(23)16-12(2)15(14(4)22)13(3)19-16/h1,19H,8-11H2,2-6H3. The molecule has 5 heteroatoms. The Bertz CT molecular complexity index is 671. The van der Waals surface area contributed by atoms with E-state index in [1.165, 1.54) is 6.92 Å². The van der Waals surface area contributed by atoms with E-state index >= 15 is 0 Å². The predicted molar refractivity (Wildman–Crippen MR) is 90.7 cm³/mol. The van der Waals surface area contributed by atoms with Crippen molar-refractivity contribution in [3.63, 3.8) is 0 Å². The third-order valence-electron chi connectivity index (χ3n) is 4.71. The number of aromatic amines is 1. The van der Waals surface area contributed by atoms with Gasteiger partial charge in [-0.3, -0.25) is 14.5 Å². The number of Topliss-reactive ketones (excluding diaryl/α,β-unsaturated/α-hetero) is 1. The molecule has 1 saturated heterocycles. The number of hydrogen-bond donors (Lipinski definition) is 1. The fourth-order valence-electron chi connectivity index (χ4n) is 3.21. The van der Waals surface area contributed by atoms with E-state index in [0.717, 1.165) is 24.3 Å². The number of hydrogen-bond acceptors (Lipinski definition) is 3. The van der Waals surface area contributed by atoms with Gasteiger partial charge in [0.15, 0.2) is 5.78 Å². The van der Waals surface area contributed by atoms with Crippen LogP contribution in [0.5, 0.6) is 0 Å². The molecule has 0 aliphatic carbocycles. The van der Waals surface area contributed by atoms with Crippen LogP contribution in [0, 0.1) is 26.2 Å². The van der Waals surface area contributed by atoms with Gasteiger partial charge in [0.05, 0.1) is 5.54 Å². The van der Waals surface area contributed by atoms with Gasteiger partial charge in [-0.2, -0.15) is 0 Å². The molecule has 1 aromatic rings. The van der Waals surface area contributed by atoms with Crippen molar-refractivity contribution in [1.29, 1.82) is 0 Å². The lowest BCUT2D eigenvalue weighted by Gasteiger charge is -2.41. The van der Waals surface area contributed by atoms with E-state index in [1.807, 2.05) is 32.6 Å². The molecule has 0 saturated carbocycles. The highest BCUT2D eigenvalue weighted by molar-refractivity contribution is 6.02. The molecule has 1 fully saturated rings. The summed E-state index contributed by atoms with van der Waals surface area (Å²) < 4.78 is 0. The Kier molecular flexibility index (Phi) is 4.67. The van der Waals surface area contributed by atoms with E-state index in [9.17, 15) is 9.59 Å². The van der Waals surface area contributed by atoms with Gasteiger partial charge in [-0.25, -0.2) is 0 Å². The summed E-state index contributed by atoms with van der Waals surface area (Å²) in [5.41, 5.74) is 2.35. The minimum absolute atomic E-state index is 0.0177. The molecule has 1 aliphatic rings. The molecule has 1 amide bonds. The fraction of sp³-hybridized carbons (Fsp3) is 0.556. The largest absolute Gasteiger partial charge is 0.354 e. The van der Waals surface area contributed by atoms with Crippen LogP contribution in [-0.2, 0) is 0 Å². The zero-order valence-corrected chi connectivity index (χ0v) is 14.6. The van der Waals surface area contributed by atoms with Gasteiger partial charge in [-0.15, -0.1) is 6.42 Å². The Balaban J connectivity index is 2.14. The number of nitrogens with one attached hydrogen (secondary N) is 1. The molecule has 0 aromatic carbocycles. The predicted octanol–water partition coefficient (Wildman–Crippen LogP) is 2.00. The van der Waals surface area contributed by atoms with Crippen LogP contribution < -0.4 is 0 Å². The van der Waals surface area contributed by atoms with Gasteiger partial charge in [0, 0.05) is 37.4 Å². The van der Waals surface area contributed by atoms with Crippen LogP contribution in [0.3, 0.4) is 0 Å². The fourth-order valence-corrected chi connectivity index (χ4v) is 3.21.